The largest absolute Gasteiger partial charge is 0.312 e. The van der Waals surface area contributed by atoms with E-state index >= 15 is 0 Å². The Morgan fingerprint density at radius 1 is 1.17 bits per heavy atom. The van der Waals surface area contributed by atoms with Crippen molar-refractivity contribution in [2.24, 2.45) is 0 Å². The van der Waals surface area contributed by atoms with Crippen molar-refractivity contribution in [1.82, 2.24) is 10.3 Å². The summed E-state index contributed by atoms with van der Waals surface area (Å²) in [6.45, 7) is 8.35. The van der Waals surface area contributed by atoms with Gasteiger partial charge in [0.2, 0.25) is 0 Å². The summed E-state index contributed by atoms with van der Waals surface area (Å²) in [4.78, 5) is 5.82. The lowest BCUT2D eigenvalue weighted by Crippen LogP contribution is -2.10. The van der Waals surface area contributed by atoms with Gasteiger partial charge < -0.3 is 5.32 Å². The lowest BCUT2D eigenvalue weighted by molar-refractivity contribution is 0.734. The molecule has 1 N–H and O–H groups in total. The molecule has 96 valence electrons. The van der Waals surface area contributed by atoms with Crippen LogP contribution in [-0.2, 0) is 13.0 Å². The van der Waals surface area contributed by atoms with Gasteiger partial charge in [0.25, 0.3) is 0 Å². The van der Waals surface area contributed by atoms with Crippen molar-refractivity contribution in [3.8, 4) is 0 Å². The highest BCUT2D eigenvalue weighted by Gasteiger charge is 2.04. The third-order valence-corrected chi connectivity index (χ3v) is 3.78. The first kappa shape index (κ1) is 13.2. The zero-order valence-corrected chi connectivity index (χ0v) is 12.1. The molecule has 2 rings (SSSR count). The minimum Gasteiger partial charge on any atom is -0.312 e. The molecule has 0 amide bonds. The first-order valence-corrected chi connectivity index (χ1v) is 7.20. The number of hydrogen-bond acceptors (Lipinski definition) is 3. The first-order chi connectivity index (χ1) is 8.67. The van der Waals surface area contributed by atoms with E-state index in [0.29, 0.717) is 0 Å². The average Bonchev–Trinajstić information content (AvgIpc) is 2.72. The highest BCUT2D eigenvalue weighted by Crippen LogP contribution is 2.18. The Labute approximate surface area is 113 Å². The van der Waals surface area contributed by atoms with Crippen LogP contribution in [0.15, 0.2) is 24.4 Å². The van der Waals surface area contributed by atoms with Gasteiger partial charge in [-0.15, -0.1) is 11.3 Å². The van der Waals surface area contributed by atoms with E-state index in [2.05, 4.69) is 49.3 Å². The summed E-state index contributed by atoms with van der Waals surface area (Å²) < 4.78 is 0. The Bertz CT molecular complexity index is 497. The molecule has 0 saturated heterocycles. The molecule has 3 heteroatoms. The van der Waals surface area contributed by atoms with Crippen LogP contribution < -0.4 is 5.32 Å². The monoisotopic (exact) mass is 260 g/mol. The molecule has 1 aromatic heterocycles. The van der Waals surface area contributed by atoms with Crippen LogP contribution >= 0.6 is 11.3 Å². The number of hydrogen-bond donors (Lipinski definition) is 1. The number of benzene rings is 1. The quantitative estimate of drug-likeness (QED) is 0.890. The van der Waals surface area contributed by atoms with E-state index in [1.54, 1.807) is 11.3 Å². The van der Waals surface area contributed by atoms with Crippen molar-refractivity contribution in [1.29, 1.82) is 0 Å². The summed E-state index contributed by atoms with van der Waals surface area (Å²) >= 11 is 1.81. The molecule has 0 unspecified atom stereocenters. The third-order valence-electron chi connectivity index (χ3n) is 2.79. The van der Waals surface area contributed by atoms with Gasteiger partial charge in [-0.25, -0.2) is 4.98 Å². The standard InChI is InChI=1S/C15H20N2S/c1-4-16-9-14-10-17-15(18-14)8-13-6-11(2)5-12(3)7-13/h5-7,10,16H,4,8-9H2,1-3H3. The third kappa shape index (κ3) is 3.65. The highest BCUT2D eigenvalue weighted by molar-refractivity contribution is 7.11. The van der Waals surface area contributed by atoms with Crippen molar-refractivity contribution in [3.05, 3.63) is 51.0 Å². The molecule has 1 heterocycles. The zero-order valence-electron chi connectivity index (χ0n) is 11.3. The summed E-state index contributed by atoms with van der Waals surface area (Å²) in [6.07, 6.45) is 2.94. The zero-order chi connectivity index (χ0) is 13.0. The Kier molecular flexibility index (Phi) is 4.50. The van der Waals surface area contributed by atoms with Gasteiger partial charge in [-0.3, -0.25) is 0 Å². The van der Waals surface area contributed by atoms with Gasteiger partial charge in [-0.2, -0.15) is 0 Å². The maximum atomic E-state index is 4.50. The van der Waals surface area contributed by atoms with Crippen molar-refractivity contribution in [3.63, 3.8) is 0 Å². The average molecular weight is 260 g/mol. The van der Waals surface area contributed by atoms with E-state index in [-0.39, 0.29) is 0 Å². The summed E-state index contributed by atoms with van der Waals surface area (Å²) in [5.41, 5.74) is 4.01. The normalized spacial score (nSPS) is 10.8. The van der Waals surface area contributed by atoms with E-state index in [1.807, 2.05) is 6.20 Å². The van der Waals surface area contributed by atoms with Crippen LogP contribution in [0.5, 0.6) is 0 Å². The molecule has 0 aliphatic rings. The van der Waals surface area contributed by atoms with Gasteiger partial charge in [-0.1, -0.05) is 36.2 Å². The van der Waals surface area contributed by atoms with Gasteiger partial charge >= 0.3 is 0 Å². The number of thiazole rings is 1. The molecular formula is C15H20N2S. The smallest absolute Gasteiger partial charge is 0.0972 e. The van der Waals surface area contributed by atoms with Crippen LogP contribution in [0.2, 0.25) is 0 Å². The minimum absolute atomic E-state index is 0.932. The molecular weight excluding hydrogens is 240 g/mol. The Hall–Kier alpha value is -1.19. The predicted octanol–water partition coefficient (Wildman–Crippen LogP) is 3.46. The van der Waals surface area contributed by atoms with Gasteiger partial charge in [0.15, 0.2) is 0 Å². The second kappa shape index (κ2) is 6.12. The van der Waals surface area contributed by atoms with E-state index in [4.69, 9.17) is 0 Å². The lowest BCUT2D eigenvalue weighted by atomic mass is 10.1. The molecule has 18 heavy (non-hydrogen) atoms. The number of aryl methyl sites for hydroxylation is 2. The number of rotatable bonds is 5. The number of aromatic nitrogens is 1. The number of nitrogens with one attached hydrogen (secondary N) is 1. The SMILES string of the molecule is CCNCc1cnc(Cc2cc(C)cc(C)c2)s1. The van der Waals surface area contributed by atoms with E-state index in [9.17, 15) is 0 Å². The summed E-state index contributed by atoms with van der Waals surface area (Å²) in [6, 6.07) is 6.71. The van der Waals surface area contributed by atoms with Gasteiger partial charge in [0.05, 0.1) is 5.01 Å². The van der Waals surface area contributed by atoms with E-state index in [0.717, 1.165) is 19.5 Å². The second-order valence-corrected chi connectivity index (χ2v) is 5.87. The fourth-order valence-electron chi connectivity index (χ4n) is 2.11. The van der Waals surface area contributed by atoms with E-state index in [1.165, 1.54) is 26.6 Å². The van der Waals surface area contributed by atoms with Crippen molar-refractivity contribution >= 4 is 11.3 Å². The molecule has 0 spiro atoms. The summed E-state index contributed by atoms with van der Waals surface area (Å²) in [5.74, 6) is 0. The van der Waals surface area contributed by atoms with Gasteiger partial charge in [-0.05, 0) is 26.0 Å². The second-order valence-electron chi connectivity index (χ2n) is 4.67. The molecule has 0 fully saturated rings. The fourth-order valence-corrected chi connectivity index (χ4v) is 3.03. The minimum atomic E-state index is 0.932. The maximum Gasteiger partial charge on any atom is 0.0972 e. The lowest BCUT2D eigenvalue weighted by Gasteiger charge is -2.02. The topological polar surface area (TPSA) is 24.9 Å². The van der Waals surface area contributed by atoms with Crippen LogP contribution in [-0.4, -0.2) is 11.5 Å². The van der Waals surface area contributed by atoms with Crippen LogP contribution in [0.3, 0.4) is 0 Å². The predicted molar refractivity (Wildman–Crippen MR) is 78.2 cm³/mol. The van der Waals surface area contributed by atoms with Crippen molar-refractivity contribution < 1.29 is 0 Å². The Morgan fingerprint density at radius 2 is 1.89 bits per heavy atom. The highest BCUT2D eigenvalue weighted by atomic mass is 32.1. The molecule has 0 bridgehead atoms. The van der Waals surface area contributed by atoms with Crippen LogP contribution in [0.4, 0.5) is 0 Å². The number of nitrogens with zero attached hydrogens (tertiary/aromatic N) is 1. The Balaban J connectivity index is 2.06. The maximum absolute atomic E-state index is 4.50. The van der Waals surface area contributed by atoms with Crippen LogP contribution in [0, 0.1) is 13.8 Å². The molecule has 2 nitrogen and oxygen atoms in total. The molecule has 0 aliphatic carbocycles. The van der Waals surface area contributed by atoms with Crippen LogP contribution in [0.1, 0.15) is 33.5 Å². The Morgan fingerprint density at radius 3 is 2.56 bits per heavy atom. The van der Waals surface area contributed by atoms with Crippen molar-refractivity contribution in [2.45, 2.75) is 33.7 Å². The molecule has 0 saturated carbocycles. The van der Waals surface area contributed by atoms with Gasteiger partial charge in [0, 0.05) is 24.0 Å². The fraction of sp³-hybridized carbons (Fsp3) is 0.400. The van der Waals surface area contributed by atoms with Gasteiger partial charge in [0.1, 0.15) is 0 Å². The van der Waals surface area contributed by atoms with Crippen molar-refractivity contribution in [2.75, 3.05) is 6.54 Å². The molecule has 1 aromatic carbocycles. The molecule has 0 aliphatic heterocycles. The van der Waals surface area contributed by atoms with Crippen LogP contribution in [0.25, 0.3) is 0 Å². The first-order valence-electron chi connectivity index (χ1n) is 6.39. The van der Waals surface area contributed by atoms with E-state index < -0.39 is 0 Å². The molecule has 0 radical (unpaired) electrons. The molecule has 2 aromatic rings. The summed E-state index contributed by atoms with van der Waals surface area (Å²) in [7, 11) is 0. The summed E-state index contributed by atoms with van der Waals surface area (Å²) in [5, 5.41) is 4.53. The molecule has 0 atom stereocenters.